The molecule has 1 N–H and O–H groups in total. The van der Waals surface area contributed by atoms with E-state index in [-0.39, 0.29) is 0 Å². The molecule has 108 valence electrons. The number of allylic oxidation sites excluding steroid dienone is 2. The first-order valence-corrected chi connectivity index (χ1v) is 8.48. The van der Waals surface area contributed by atoms with Crippen molar-refractivity contribution in [1.82, 2.24) is 0 Å². The Morgan fingerprint density at radius 3 is 2.50 bits per heavy atom. The summed E-state index contributed by atoms with van der Waals surface area (Å²) in [5, 5.41) is 4.92. The van der Waals surface area contributed by atoms with Crippen LogP contribution in [0.15, 0.2) is 18.9 Å². The zero-order chi connectivity index (χ0) is 14.5. The third kappa shape index (κ3) is 2.35. The molecule has 2 aliphatic rings. The highest BCUT2D eigenvalue weighted by Gasteiger charge is 2.47. The number of nitrogens with one attached hydrogen (secondary N) is 1. The summed E-state index contributed by atoms with van der Waals surface area (Å²) in [5.41, 5.74) is 5.75. The van der Waals surface area contributed by atoms with Gasteiger partial charge in [0.2, 0.25) is 0 Å². The third-order valence-electron chi connectivity index (χ3n) is 4.81. The number of hydrogen-bond donors (Lipinski definition) is 1. The summed E-state index contributed by atoms with van der Waals surface area (Å²) in [7, 11) is 0. The molecule has 1 atom stereocenters. The molecule has 1 aromatic rings. The van der Waals surface area contributed by atoms with Gasteiger partial charge < -0.3 is 5.32 Å². The summed E-state index contributed by atoms with van der Waals surface area (Å²) in [4.78, 5) is 1.57. The van der Waals surface area contributed by atoms with Gasteiger partial charge in [0.05, 0.1) is 0 Å². The van der Waals surface area contributed by atoms with Gasteiger partial charge in [-0.05, 0) is 55.6 Å². The highest BCUT2D eigenvalue weighted by atomic mass is 32.1. The molecule has 0 aliphatic heterocycles. The minimum atomic E-state index is 0.435. The van der Waals surface area contributed by atoms with Gasteiger partial charge >= 0.3 is 0 Å². The fraction of sp³-hybridized carbons (Fsp3) is 0.556. The Morgan fingerprint density at radius 2 is 1.90 bits per heavy atom. The Labute approximate surface area is 126 Å². The van der Waals surface area contributed by atoms with Gasteiger partial charge in [-0.15, -0.1) is 11.3 Å². The molecule has 0 aromatic carbocycles. The van der Waals surface area contributed by atoms with Gasteiger partial charge in [0.1, 0.15) is 5.00 Å². The van der Waals surface area contributed by atoms with E-state index in [0.717, 1.165) is 0 Å². The summed E-state index contributed by atoms with van der Waals surface area (Å²) in [6, 6.07) is 0. The predicted octanol–water partition coefficient (Wildman–Crippen LogP) is 5.63. The van der Waals surface area contributed by atoms with Crippen LogP contribution in [0.1, 0.15) is 56.0 Å². The van der Waals surface area contributed by atoms with Gasteiger partial charge in [-0.25, -0.2) is 0 Å². The summed E-state index contributed by atoms with van der Waals surface area (Å²) in [6.07, 6.45) is 6.37. The lowest BCUT2D eigenvalue weighted by molar-refractivity contribution is 0.599. The summed E-state index contributed by atoms with van der Waals surface area (Å²) >= 11 is 1.93. The van der Waals surface area contributed by atoms with Crippen molar-refractivity contribution in [2.75, 3.05) is 5.32 Å². The van der Waals surface area contributed by atoms with Crippen molar-refractivity contribution >= 4 is 21.9 Å². The van der Waals surface area contributed by atoms with E-state index >= 15 is 0 Å². The van der Waals surface area contributed by atoms with Crippen molar-refractivity contribution in [1.29, 1.82) is 0 Å². The Balaban J connectivity index is 1.88. The second-order valence-corrected chi connectivity index (χ2v) is 8.20. The normalized spacial score (nSPS) is 23.1. The number of hydrogen-bond acceptors (Lipinski definition) is 2. The average Bonchev–Trinajstić information content (AvgIpc) is 2.86. The Bertz CT molecular complexity index is 576. The highest BCUT2D eigenvalue weighted by Crippen LogP contribution is 2.55. The number of anilines is 1. The van der Waals surface area contributed by atoms with Gasteiger partial charge in [-0.1, -0.05) is 27.0 Å². The molecule has 3 rings (SSSR count). The lowest BCUT2D eigenvalue weighted by Gasteiger charge is -2.14. The van der Waals surface area contributed by atoms with E-state index in [1.807, 2.05) is 11.3 Å². The van der Waals surface area contributed by atoms with Gasteiger partial charge in [0, 0.05) is 22.1 Å². The topological polar surface area (TPSA) is 12.0 Å². The maximum Gasteiger partial charge on any atom is 0.101 e. The van der Waals surface area contributed by atoms with Crippen molar-refractivity contribution in [3.63, 3.8) is 0 Å². The van der Waals surface area contributed by atoms with Crippen LogP contribution in [0.5, 0.6) is 0 Å². The largest absolute Gasteiger partial charge is 0.350 e. The van der Waals surface area contributed by atoms with Crippen LogP contribution in [0.2, 0.25) is 0 Å². The van der Waals surface area contributed by atoms with Gasteiger partial charge in [0.15, 0.2) is 0 Å². The van der Waals surface area contributed by atoms with Crippen LogP contribution in [-0.2, 0) is 12.8 Å². The van der Waals surface area contributed by atoms with E-state index < -0.39 is 0 Å². The molecule has 1 nitrogen and oxygen atoms in total. The van der Waals surface area contributed by atoms with Gasteiger partial charge in [-0.2, -0.15) is 0 Å². The van der Waals surface area contributed by atoms with Crippen LogP contribution in [0, 0.1) is 11.3 Å². The van der Waals surface area contributed by atoms with Crippen molar-refractivity contribution < 1.29 is 0 Å². The molecule has 2 aliphatic carbocycles. The van der Waals surface area contributed by atoms with Crippen LogP contribution in [0.3, 0.4) is 0 Å². The molecule has 0 amide bonds. The summed E-state index contributed by atoms with van der Waals surface area (Å²) in [6.45, 7) is 15.3. The molecule has 0 spiro atoms. The maximum absolute atomic E-state index is 4.28. The lowest BCUT2D eigenvalue weighted by Crippen LogP contribution is -2.05. The standard InChI is InChI=1S/C18H25NS/c1-11(2)16-13-8-6-7-9-15(13)20-17(16)19-12(3)14-10-18(14,4)5/h14,19H,1,3,6-10H2,2,4-5H3. The number of thiophene rings is 1. The quantitative estimate of drug-likeness (QED) is 0.756. The fourth-order valence-corrected chi connectivity index (χ4v) is 4.80. The van der Waals surface area contributed by atoms with E-state index in [2.05, 4.69) is 39.2 Å². The van der Waals surface area contributed by atoms with Crippen molar-refractivity contribution in [3.05, 3.63) is 34.9 Å². The molecule has 1 fully saturated rings. The minimum Gasteiger partial charge on any atom is -0.350 e. The lowest BCUT2D eigenvalue weighted by atomic mass is 9.93. The Morgan fingerprint density at radius 1 is 1.25 bits per heavy atom. The third-order valence-corrected chi connectivity index (χ3v) is 6.01. The second kappa shape index (κ2) is 4.77. The number of aryl methyl sites for hydroxylation is 1. The van der Waals surface area contributed by atoms with Crippen LogP contribution >= 0.6 is 11.3 Å². The van der Waals surface area contributed by atoms with E-state index in [1.165, 1.54) is 53.9 Å². The SMILES string of the molecule is C=C(C)c1c(NC(=C)C2CC2(C)C)sc2c1CCCC2. The van der Waals surface area contributed by atoms with Crippen molar-refractivity contribution in [2.45, 2.75) is 52.9 Å². The molecular formula is C18H25NS. The maximum atomic E-state index is 4.28. The van der Waals surface area contributed by atoms with Crippen LogP contribution in [0.4, 0.5) is 5.00 Å². The molecule has 0 radical (unpaired) electrons. The molecule has 0 saturated heterocycles. The van der Waals surface area contributed by atoms with Crippen LogP contribution in [-0.4, -0.2) is 0 Å². The van der Waals surface area contributed by atoms with Crippen molar-refractivity contribution in [2.24, 2.45) is 11.3 Å². The molecule has 2 heteroatoms. The fourth-order valence-electron chi connectivity index (χ4n) is 3.40. The van der Waals surface area contributed by atoms with E-state index in [1.54, 1.807) is 10.4 Å². The van der Waals surface area contributed by atoms with Crippen LogP contribution < -0.4 is 5.32 Å². The van der Waals surface area contributed by atoms with E-state index in [4.69, 9.17) is 0 Å². The first kappa shape index (κ1) is 13.9. The van der Waals surface area contributed by atoms with E-state index in [0.29, 0.717) is 11.3 Å². The minimum absolute atomic E-state index is 0.435. The molecule has 1 heterocycles. The highest BCUT2D eigenvalue weighted by molar-refractivity contribution is 7.16. The second-order valence-electron chi connectivity index (χ2n) is 7.09. The molecule has 1 aromatic heterocycles. The smallest absolute Gasteiger partial charge is 0.101 e. The predicted molar refractivity (Wildman–Crippen MR) is 90.3 cm³/mol. The zero-order valence-corrected chi connectivity index (χ0v) is 13.8. The Hall–Kier alpha value is -1.02. The summed E-state index contributed by atoms with van der Waals surface area (Å²) < 4.78 is 0. The zero-order valence-electron chi connectivity index (χ0n) is 12.9. The average molecular weight is 287 g/mol. The number of rotatable bonds is 4. The summed E-state index contributed by atoms with van der Waals surface area (Å²) in [5.74, 6) is 0.625. The first-order valence-electron chi connectivity index (χ1n) is 7.66. The van der Waals surface area contributed by atoms with Gasteiger partial charge in [-0.3, -0.25) is 0 Å². The van der Waals surface area contributed by atoms with Gasteiger partial charge in [0.25, 0.3) is 0 Å². The Kier molecular flexibility index (Phi) is 3.32. The first-order chi connectivity index (χ1) is 9.40. The van der Waals surface area contributed by atoms with Crippen LogP contribution in [0.25, 0.3) is 5.57 Å². The monoisotopic (exact) mass is 287 g/mol. The molecule has 20 heavy (non-hydrogen) atoms. The number of fused-ring (bicyclic) bond motifs is 1. The molecule has 1 saturated carbocycles. The molecule has 1 unspecified atom stereocenters. The molecular weight excluding hydrogens is 262 g/mol. The molecule has 0 bridgehead atoms. The van der Waals surface area contributed by atoms with Crippen molar-refractivity contribution in [3.8, 4) is 0 Å². The van der Waals surface area contributed by atoms with E-state index in [9.17, 15) is 0 Å².